The molecule has 0 unspecified atom stereocenters. The van der Waals surface area contributed by atoms with Gasteiger partial charge >= 0.3 is 11.8 Å². The summed E-state index contributed by atoms with van der Waals surface area (Å²) >= 11 is 0. The predicted octanol–water partition coefficient (Wildman–Crippen LogP) is 1.80. The number of ether oxygens (including phenoxy) is 1. The second-order valence-corrected chi connectivity index (χ2v) is 6.37. The zero-order chi connectivity index (χ0) is 15.3. The van der Waals surface area contributed by atoms with E-state index in [4.69, 9.17) is 4.74 Å². The highest BCUT2D eigenvalue weighted by Crippen LogP contribution is 2.36. The Hall–Kier alpha value is -2.08. The largest absolute Gasteiger partial charge is 0.445 e. The number of imidazole rings is 1. The van der Waals surface area contributed by atoms with Crippen LogP contribution in [-0.4, -0.2) is 46.3 Å². The Morgan fingerprint density at radius 2 is 2.14 bits per heavy atom. The lowest BCUT2D eigenvalue weighted by atomic mass is 9.78. The van der Waals surface area contributed by atoms with Gasteiger partial charge in [-0.1, -0.05) is 12.1 Å². The third-order valence-electron chi connectivity index (χ3n) is 5.07. The summed E-state index contributed by atoms with van der Waals surface area (Å²) < 4.78 is 6.78. The summed E-state index contributed by atoms with van der Waals surface area (Å²) in [4.78, 5) is 29.5. The number of rotatable bonds is 1. The van der Waals surface area contributed by atoms with Crippen LogP contribution in [0.25, 0.3) is 11.0 Å². The smallest absolute Gasteiger partial charge is 0.423 e. The van der Waals surface area contributed by atoms with Crippen molar-refractivity contribution in [2.24, 2.45) is 5.92 Å². The van der Waals surface area contributed by atoms with E-state index in [-0.39, 0.29) is 6.10 Å². The molecule has 3 heterocycles. The molecule has 2 bridgehead atoms. The number of para-hydroxylation sites is 2. The number of benzene rings is 1. The molecule has 1 aromatic heterocycles. The lowest BCUT2D eigenvalue weighted by molar-refractivity contribution is -0.0457. The fourth-order valence-electron chi connectivity index (χ4n) is 3.86. The number of fused-ring (bicyclic) bond motifs is 4. The van der Waals surface area contributed by atoms with E-state index in [1.807, 2.05) is 6.07 Å². The number of H-pyrrole nitrogens is 1. The number of carbonyl (C=O) groups is 1. The number of nitrogens with one attached hydrogen (secondary N) is 1. The summed E-state index contributed by atoms with van der Waals surface area (Å²) in [6, 6.07) is 7.64. The first-order valence-corrected chi connectivity index (χ1v) is 7.74. The van der Waals surface area contributed by atoms with E-state index in [1.165, 1.54) is 6.42 Å². The molecule has 0 radical (unpaired) electrons. The number of aromatic amines is 1. The quantitative estimate of drug-likeness (QED) is 0.872. The highest BCUT2D eigenvalue weighted by atomic mass is 16.6. The van der Waals surface area contributed by atoms with Crippen molar-refractivity contribution in [3.05, 3.63) is 34.7 Å². The zero-order valence-electron chi connectivity index (χ0n) is 12.5. The van der Waals surface area contributed by atoms with E-state index in [9.17, 15) is 9.59 Å². The number of piperidine rings is 2. The van der Waals surface area contributed by atoms with Crippen LogP contribution in [0.3, 0.4) is 0 Å². The fourth-order valence-corrected chi connectivity index (χ4v) is 3.86. The van der Waals surface area contributed by atoms with Crippen molar-refractivity contribution in [2.75, 3.05) is 13.6 Å². The Balaban J connectivity index is 1.60. The monoisotopic (exact) mass is 301 g/mol. The van der Waals surface area contributed by atoms with Crippen molar-refractivity contribution in [3.8, 4) is 0 Å². The molecule has 6 nitrogen and oxygen atoms in total. The van der Waals surface area contributed by atoms with Gasteiger partial charge in [0.05, 0.1) is 11.0 Å². The second kappa shape index (κ2) is 4.98. The molecule has 0 spiro atoms. The molecule has 1 saturated carbocycles. The summed E-state index contributed by atoms with van der Waals surface area (Å²) in [6.07, 6.45) is 2.48. The molecule has 3 atom stereocenters. The summed E-state index contributed by atoms with van der Waals surface area (Å²) in [5.41, 5.74) is 0.772. The molecule has 2 aromatic rings. The predicted molar refractivity (Wildman–Crippen MR) is 82.0 cm³/mol. The van der Waals surface area contributed by atoms with Crippen LogP contribution in [0.4, 0.5) is 4.79 Å². The molecule has 1 N–H and O–H groups in total. The van der Waals surface area contributed by atoms with Crippen LogP contribution in [0.2, 0.25) is 0 Å². The number of aromatic nitrogens is 2. The van der Waals surface area contributed by atoms with E-state index in [0.717, 1.165) is 24.0 Å². The van der Waals surface area contributed by atoms with Gasteiger partial charge in [-0.3, -0.25) is 0 Å². The first kappa shape index (κ1) is 13.6. The Bertz CT molecular complexity index is 778. The number of carbonyl (C=O) groups excluding carboxylic acids is 1. The van der Waals surface area contributed by atoms with E-state index in [2.05, 4.69) is 16.9 Å². The Kier molecular flexibility index (Phi) is 3.07. The van der Waals surface area contributed by atoms with Gasteiger partial charge in [-0.2, -0.15) is 4.57 Å². The van der Waals surface area contributed by atoms with E-state index in [1.54, 1.807) is 18.2 Å². The van der Waals surface area contributed by atoms with Gasteiger partial charge in [0, 0.05) is 24.9 Å². The van der Waals surface area contributed by atoms with Crippen molar-refractivity contribution in [2.45, 2.75) is 31.4 Å². The molecule has 5 rings (SSSR count). The van der Waals surface area contributed by atoms with Crippen molar-refractivity contribution in [3.63, 3.8) is 0 Å². The third kappa shape index (κ3) is 2.06. The van der Waals surface area contributed by atoms with Gasteiger partial charge in [0.1, 0.15) is 6.10 Å². The van der Waals surface area contributed by atoms with Crippen LogP contribution in [0.1, 0.15) is 19.3 Å². The van der Waals surface area contributed by atoms with E-state index in [0.29, 0.717) is 23.0 Å². The maximum atomic E-state index is 12.5. The minimum atomic E-state index is -0.567. The van der Waals surface area contributed by atoms with Gasteiger partial charge in [0.2, 0.25) is 0 Å². The molecule has 22 heavy (non-hydrogen) atoms. The molecule has 3 aliphatic rings. The molecule has 2 saturated heterocycles. The molecular weight excluding hydrogens is 282 g/mol. The SMILES string of the molecule is CN1C[C@H]2CC[C@@H]1C[C@H]2OC(=O)n1c(=O)[nH]c2ccccc21. The van der Waals surface area contributed by atoms with Gasteiger partial charge in [-0.25, -0.2) is 9.59 Å². The molecule has 2 aliphatic heterocycles. The number of hydrogen-bond donors (Lipinski definition) is 1. The summed E-state index contributed by atoms with van der Waals surface area (Å²) in [5.74, 6) is 0.375. The van der Waals surface area contributed by atoms with Gasteiger partial charge in [-0.15, -0.1) is 0 Å². The van der Waals surface area contributed by atoms with Gasteiger partial charge in [0.25, 0.3) is 0 Å². The van der Waals surface area contributed by atoms with Crippen molar-refractivity contribution < 1.29 is 9.53 Å². The summed E-state index contributed by atoms with van der Waals surface area (Å²) in [7, 11) is 2.12. The maximum absolute atomic E-state index is 12.5. The highest BCUT2D eigenvalue weighted by Gasteiger charge is 2.41. The summed E-state index contributed by atoms with van der Waals surface area (Å²) in [5, 5.41) is 0. The van der Waals surface area contributed by atoms with Gasteiger partial charge in [-0.05, 0) is 32.0 Å². The number of hydrogen-bond acceptors (Lipinski definition) is 4. The molecule has 116 valence electrons. The third-order valence-corrected chi connectivity index (χ3v) is 5.07. The van der Waals surface area contributed by atoms with Crippen molar-refractivity contribution in [1.29, 1.82) is 0 Å². The van der Waals surface area contributed by atoms with Crippen LogP contribution in [0.5, 0.6) is 0 Å². The van der Waals surface area contributed by atoms with E-state index < -0.39 is 11.8 Å². The van der Waals surface area contributed by atoms with Crippen molar-refractivity contribution in [1.82, 2.24) is 14.5 Å². The van der Waals surface area contributed by atoms with Crippen LogP contribution < -0.4 is 5.69 Å². The molecular formula is C16H19N3O3. The van der Waals surface area contributed by atoms with E-state index >= 15 is 0 Å². The molecule has 6 heteroatoms. The standard InChI is InChI=1S/C16H19N3O3/c1-18-9-10-6-7-11(18)8-14(10)22-16(21)19-13-5-3-2-4-12(13)17-15(19)20/h2-5,10-11,14H,6-9H2,1H3,(H,17,20)/t10-,11-,14-/m1/s1. The highest BCUT2D eigenvalue weighted by molar-refractivity contribution is 5.86. The van der Waals surface area contributed by atoms with Gasteiger partial charge in [0.15, 0.2) is 0 Å². The summed E-state index contributed by atoms with van der Waals surface area (Å²) in [6.45, 7) is 0.964. The first-order chi connectivity index (χ1) is 10.6. The Morgan fingerprint density at radius 1 is 1.32 bits per heavy atom. The molecule has 1 aromatic carbocycles. The normalized spacial score (nSPS) is 28.1. The average Bonchev–Trinajstić information content (AvgIpc) is 2.84. The molecule has 0 amide bonds. The minimum Gasteiger partial charge on any atom is -0.445 e. The number of nitrogens with zero attached hydrogens (tertiary/aromatic N) is 2. The lowest BCUT2D eigenvalue weighted by Crippen LogP contribution is -2.53. The topological polar surface area (TPSA) is 67.3 Å². The molecule has 1 aliphatic carbocycles. The van der Waals surface area contributed by atoms with Crippen LogP contribution in [-0.2, 0) is 4.74 Å². The average molecular weight is 301 g/mol. The Morgan fingerprint density at radius 3 is 2.86 bits per heavy atom. The fraction of sp³-hybridized carbons (Fsp3) is 0.500. The van der Waals surface area contributed by atoms with Crippen LogP contribution >= 0.6 is 0 Å². The lowest BCUT2D eigenvalue weighted by Gasteiger charge is -2.47. The van der Waals surface area contributed by atoms with Crippen LogP contribution in [0, 0.1) is 5.92 Å². The molecule has 3 fully saturated rings. The zero-order valence-corrected chi connectivity index (χ0v) is 12.5. The second-order valence-electron chi connectivity index (χ2n) is 6.37. The van der Waals surface area contributed by atoms with Gasteiger partial charge < -0.3 is 14.6 Å². The van der Waals surface area contributed by atoms with Crippen LogP contribution in [0.15, 0.2) is 29.1 Å². The Labute approximate surface area is 127 Å². The first-order valence-electron chi connectivity index (χ1n) is 7.74. The maximum Gasteiger partial charge on any atom is 0.423 e. The minimum absolute atomic E-state index is 0.0805. The van der Waals surface area contributed by atoms with Crippen molar-refractivity contribution >= 4 is 17.1 Å².